The van der Waals surface area contributed by atoms with Gasteiger partial charge >= 0.3 is 0 Å². The van der Waals surface area contributed by atoms with Gasteiger partial charge in [-0.2, -0.15) is 0 Å². The Morgan fingerprint density at radius 2 is 1.46 bits per heavy atom. The van der Waals surface area contributed by atoms with Crippen molar-refractivity contribution in [3.8, 4) is 11.5 Å². The molecule has 5 rings (SSSR count). The lowest BCUT2D eigenvalue weighted by Crippen LogP contribution is -1.95. The van der Waals surface area contributed by atoms with Crippen LogP contribution in [0.15, 0.2) is 61.2 Å². The van der Waals surface area contributed by atoms with Gasteiger partial charge in [0, 0.05) is 29.4 Å². The summed E-state index contributed by atoms with van der Waals surface area (Å²) in [7, 11) is 0. The summed E-state index contributed by atoms with van der Waals surface area (Å²) in [6.07, 6.45) is 6.68. The first-order valence-electron chi connectivity index (χ1n) is 7.47. The van der Waals surface area contributed by atoms with E-state index in [1.807, 2.05) is 36.4 Å². The van der Waals surface area contributed by atoms with Gasteiger partial charge in [0.25, 0.3) is 0 Å². The minimum atomic E-state index is 0.526. The normalized spacial score (nSPS) is 11.3. The predicted octanol–water partition coefficient (Wildman–Crippen LogP) is 3.18. The molecule has 6 heteroatoms. The van der Waals surface area contributed by atoms with E-state index in [0.717, 1.165) is 21.8 Å². The summed E-state index contributed by atoms with van der Waals surface area (Å²) in [5.41, 5.74) is 3.62. The quantitative estimate of drug-likeness (QED) is 0.442. The summed E-state index contributed by atoms with van der Waals surface area (Å²) < 4.78 is 0. The van der Waals surface area contributed by atoms with Gasteiger partial charge in [0.2, 0.25) is 0 Å². The average Bonchev–Trinajstić information content (AvgIpc) is 2.67. The molecule has 0 saturated heterocycles. The Morgan fingerprint density at radius 1 is 0.625 bits per heavy atom. The van der Waals surface area contributed by atoms with Crippen LogP contribution in [-0.2, 0) is 0 Å². The highest BCUT2D eigenvalue weighted by Crippen LogP contribution is 2.24. The maximum Gasteiger partial charge on any atom is 0.181 e. The van der Waals surface area contributed by atoms with Gasteiger partial charge in [-0.3, -0.25) is 4.98 Å². The standard InChI is InChI=1S/C18H10N6/c1-2-11-3-4-12-5-6-13(23-16(12)15(11)20-7-1)17-22-10-14-18(24-17)21-9-8-19-14/h1-10H. The molecule has 0 fully saturated rings. The van der Waals surface area contributed by atoms with Crippen molar-refractivity contribution >= 4 is 33.0 Å². The van der Waals surface area contributed by atoms with Crippen molar-refractivity contribution < 1.29 is 0 Å². The van der Waals surface area contributed by atoms with Crippen LogP contribution >= 0.6 is 0 Å². The van der Waals surface area contributed by atoms with Crippen molar-refractivity contribution in [3.05, 3.63) is 61.2 Å². The Hall–Kier alpha value is -3.54. The molecule has 0 bridgehead atoms. The summed E-state index contributed by atoms with van der Waals surface area (Å²) in [6.45, 7) is 0. The maximum absolute atomic E-state index is 4.74. The van der Waals surface area contributed by atoms with E-state index >= 15 is 0 Å². The second-order valence-corrected chi connectivity index (χ2v) is 5.37. The third-order valence-corrected chi connectivity index (χ3v) is 3.89. The summed E-state index contributed by atoms with van der Waals surface area (Å²) in [5, 5.41) is 2.09. The first-order valence-corrected chi connectivity index (χ1v) is 7.47. The van der Waals surface area contributed by atoms with Crippen LogP contribution in [0.5, 0.6) is 0 Å². The smallest absolute Gasteiger partial charge is 0.181 e. The summed E-state index contributed by atoms with van der Waals surface area (Å²) >= 11 is 0. The summed E-state index contributed by atoms with van der Waals surface area (Å²) in [4.78, 5) is 26.5. The SMILES string of the molecule is c1cnc2c(c1)ccc1ccc(-c3ncc4nccnc4n3)nc12. The fourth-order valence-corrected chi connectivity index (χ4v) is 2.74. The van der Waals surface area contributed by atoms with Gasteiger partial charge in [-0.25, -0.2) is 24.9 Å². The zero-order valence-electron chi connectivity index (χ0n) is 12.5. The molecule has 24 heavy (non-hydrogen) atoms. The molecule has 0 aliphatic carbocycles. The van der Waals surface area contributed by atoms with Crippen LogP contribution in [0, 0.1) is 0 Å². The second-order valence-electron chi connectivity index (χ2n) is 5.37. The third-order valence-electron chi connectivity index (χ3n) is 3.89. The Balaban J connectivity index is 1.77. The molecule has 6 nitrogen and oxygen atoms in total. The van der Waals surface area contributed by atoms with Gasteiger partial charge in [0.05, 0.1) is 17.2 Å². The minimum absolute atomic E-state index is 0.526. The van der Waals surface area contributed by atoms with Crippen LogP contribution in [0.2, 0.25) is 0 Å². The number of hydrogen-bond donors (Lipinski definition) is 0. The van der Waals surface area contributed by atoms with Gasteiger partial charge in [-0.15, -0.1) is 0 Å². The Kier molecular flexibility index (Phi) is 2.69. The molecule has 0 aliphatic heterocycles. The molecule has 112 valence electrons. The lowest BCUT2D eigenvalue weighted by Gasteiger charge is -2.05. The van der Waals surface area contributed by atoms with E-state index in [4.69, 9.17) is 4.98 Å². The first-order chi connectivity index (χ1) is 11.9. The number of rotatable bonds is 1. The highest BCUT2D eigenvalue weighted by molar-refractivity contribution is 6.03. The molecule has 0 unspecified atom stereocenters. The van der Waals surface area contributed by atoms with Crippen molar-refractivity contribution in [1.82, 2.24) is 29.9 Å². The second kappa shape index (κ2) is 4.99. The van der Waals surface area contributed by atoms with Crippen LogP contribution in [0.4, 0.5) is 0 Å². The molecule has 0 radical (unpaired) electrons. The number of hydrogen-bond acceptors (Lipinski definition) is 6. The number of pyridine rings is 2. The molecule has 0 atom stereocenters. The molecule has 4 aromatic heterocycles. The van der Waals surface area contributed by atoms with Crippen molar-refractivity contribution in [3.63, 3.8) is 0 Å². The van der Waals surface area contributed by atoms with Crippen molar-refractivity contribution in [2.24, 2.45) is 0 Å². The molecule has 0 amide bonds. The van der Waals surface area contributed by atoms with Crippen LogP contribution in [0.1, 0.15) is 0 Å². The maximum atomic E-state index is 4.74. The lowest BCUT2D eigenvalue weighted by atomic mass is 10.1. The zero-order chi connectivity index (χ0) is 15.9. The number of benzene rings is 1. The molecule has 4 heterocycles. The molecular formula is C18H10N6. The van der Waals surface area contributed by atoms with E-state index in [-0.39, 0.29) is 0 Å². The number of fused-ring (bicyclic) bond motifs is 4. The third kappa shape index (κ3) is 1.97. The average molecular weight is 310 g/mol. The van der Waals surface area contributed by atoms with Crippen molar-refractivity contribution in [2.45, 2.75) is 0 Å². The molecule has 0 N–H and O–H groups in total. The molecule has 0 spiro atoms. The molecule has 0 saturated carbocycles. The van der Waals surface area contributed by atoms with E-state index in [0.29, 0.717) is 22.7 Å². The largest absolute Gasteiger partial charge is 0.254 e. The van der Waals surface area contributed by atoms with Crippen LogP contribution in [0.3, 0.4) is 0 Å². The monoisotopic (exact) mass is 310 g/mol. The fourth-order valence-electron chi connectivity index (χ4n) is 2.74. The summed E-state index contributed by atoms with van der Waals surface area (Å²) in [5.74, 6) is 0.526. The topological polar surface area (TPSA) is 77.3 Å². The molecule has 5 aromatic rings. The van der Waals surface area contributed by atoms with Crippen molar-refractivity contribution in [2.75, 3.05) is 0 Å². The van der Waals surface area contributed by atoms with E-state index in [9.17, 15) is 0 Å². The van der Waals surface area contributed by atoms with E-state index < -0.39 is 0 Å². The Bertz CT molecular complexity index is 1220. The first kappa shape index (κ1) is 13.0. The van der Waals surface area contributed by atoms with E-state index in [2.05, 4.69) is 24.9 Å². The molecule has 0 aliphatic rings. The predicted molar refractivity (Wildman–Crippen MR) is 91.2 cm³/mol. The van der Waals surface area contributed by atoms with E-state index in [1.165, 1.54) is 0 Å². The highest BCUT2D eigenvalue weighted by Gasteiger charge is 2.09. The van der Waals surface area contributed by atoms with Gasteiger partial charge in [-0.1, -0.05) is 24.3 Å². The van der Waals surface area contributed by atoms with Crippen LogP contribution in [-0.4, -0.2) is 29.9 Å². The Morgan fingerprint density at radius 3 is 2.42 bits per heavy atom. The zero-order valence-corrected chi connectivity index (χ0v) is 12.5. The minimum Gasteiger partial charge on any atom is -0.254 e. The fraction of sp³-hybridized carbons (Fsp3) is 0. The summed E-state index contributed by atoms with van der Waals surface area (Å²) in [6, 6.07) is 12.0. The molecule has 1 aromatic carbocycles. The van der Waals surface area contributed by atoms with Gasteiger partial charge < -0.3 is 0 Å². The van der Waals surface area contributed by atoms with Crippen LogP contribution in [0.25, 0.3) is 44.5 Å². The highest BCUT2D eigenvalue weighted by atomic mass is 15.0. The van der Waals surface area contributed by atoms with Gasteiger partial charge in [0.1, 0.15) is 11.2 Å². The number of aromatic nitrogens is 6. The molecular weight excluding hydrogens is 300 g/mol. The van der Waals surface area contributed by atoms with E-state index in [1.54, 1.807) is 24.8 Å². The van der Waals surface area contributed by atoms with Gasteiger partial charge in [-0.05, 0) is 12.1 Å². The number of nitrogens with zero attached hydrogens (tertiary/aromatic N) is 6. The van der Waals surface area contributed by atoms with Crippen LogP contribution < -0.4 is 0 Å². The van der Waals surface area contributed by atoms with Crippen molar-refractivity contribution in [1.29, 1.82) is 0 Å². The van der Waals surface area contributed by atoms with Gasteiger partial charge in [0.15, 0.2) is 11.5 Å². The Labute approximate surface area is 136 Å². The lowest BCUT2D eigenvalue weighted by molar-refractivity contribution is 1.14.